The highest BCUT2D eigenvalue weighted by molar-refractivity contribution is 5.92. The average Bonchev–Trinajstić information content (AvgIpc) is 2.76. The smallest absolute Gasteiger partial charge is 0.193 e. The molecule has 5 nitrogen and oxygen atoms in total. The summed E-state index contributed by atoms with van der Waals surface area (Å²) in [5, 5.41) is 7.15. The van der Waals surface area contributed by atoms with Crippen LogP contribution in [-0.2, 0) is 13.5 Å². The number of hydrogen-bond donors (Lipinski definition) is 2. The van der Waals surface area contributed by atoms with Crippen molar-refractivity contribution in [2.45, 2.75) is 6.42 Å². The van der Waals surface area contributed by atoms with Gasteiger partial charge in [0.2, 0.25) is 0 Å². The van der Waals surface area contributed by atoms with Gasteiger partial charge in [-0.05, 0) is 18.2 Å². The Morgan fingerprint density at radius 3 is 2.78 bits per heavy atom. The average molecular weight is 243 g/mol. The van der Waals surface area contributed by atoms with Crippen LogP contribution in [0.1, 0.15) is 5.69 Å². The van der Waals surface area contributed by atoms with Crippen molar-refractivity contribution in [3.8, 4) is 0 Å². The molecule has 0 saturated heterocycles. The van der Waals surface area contributed by atoms with Gasteiger partial charge in [-0.2, -0.15) is 5.10 Å². The van der Waals surface area contributed by atoms with Gasteiger partial charge >= 0.3 is 0 Å². The fraction of sp³-hybridized carbons (Fsp3) is 0.231. The van der Waals surface area contributed by atoms with E-state index in [0.29, 0.717) is 12.5 Å². The Morgan fingerprint density at radius 1 is 1.33 bits per heavy atom. The van der Waals surface area contributed by atoms with Crippen molar-refractivity contribution < 1.29 is 0 Å². The number of benzene rings is 1. The van der Waals surface area contributed by atoms with Gasteiger partial charge in [-0.25, -0.2) is 0 Å². The number of nitrogens with zero attached hydrogens (tertiary/aromatic N) is 3. The van der Waals surface area contributed by atoms with Gasteiger partial charge in [0, 0.05) is 37.6 Å². The third-order valence-corrected chi connectivity index (χ3v) is 2.62. The second-order valence-corrected chi connectivity index (χ2v) is 3.95. The summed E-state index contributed by atoms with van der Waals surface area (Å²) in [5.74, 6) is 0.434. The van der Waals surface area contributed by atoms with Crippen LogP contribution in [-0.4, -0.2) is 22.3 Å². The van der Waals surface area contributed by atoms with Gasteiger partial charge in [0.05, 0.1) is 0 Å². The lowest BCUT2D eigenvalue weighted by Crippen LogP contribution is -2.23. The molecule has 1 heterocycles. The Labute approximate surface area is 106 Å². The SMILES string of the molecule is Cn1nccc1CCN=C(N)Nc1ccccc1. The molecule has 0 fully saturated rings. The minimum absolute atomic E-state index is 0.434. The maximum absolute atomic E-state index is 5.80. The van der Waals surface area contributed by atoms with Crippen LogP contribution >= 0.6 is 0 Å². The van der Waals surface area contributed by atoms with Gasteiger partial charge in [-0.15, -0.1) is 0 Å². The van der Waals surface area contributed by atoms with Crippen LogP contribution < -0.4 is 11.1 Å². The molecule has 3 N–H and O–H groups in total. The van der Waals surface area contributed by atoms with Crippen molar-refractivity contribution in [1.29, 1.82) is 0 Å². The monoisotopic (exact) mass is 243 g/mol. The molecule has 2 aromatic rings. The molecule has 0 atom stereocenters. The summed E-state index contributed by atoms with van der Waals surface area (Å²) >= 11 is 0. The number of anilines is 1. The molecule has 18 heavy (non-hydrogen) atoms. The Morgan fingerprint density at radius 2 is 2.11 bits per heavy atom. The van der Waals surface area contributed by atoms with Crippen LogP contribution in [0.5, 0.6) is 0 Å². The first-order valence-electron chi connectivity index (χ1n) is 5.84. The number of guanidine groups is 1. The summed E-state index contributed by atoms with van der Waals surface area (Å²) in [6.07, 6.45) is 2.61. The third kappa shape index (κ3) is 3.35. The molecule has 94 valence electrons. The maximum Gasteiger partial charge on any atom is 0.193 e. The van der Waals surface area contributed by atoms with Crippen LogP contribution in [0.15, 0.2) is 47.6 Å². The Kier molecular flexibility index (Phi) is 3.96. The van der Waals surface area contributed by atoms with E-state index in [1.165, 1.54) is 0 Å². The van der Waals surface area contributed by atoms with E-state index in [1.807, 2.05) is 48.1 Å². The zero-order valence-corrected chi connectivity index (χ0v) is 10.4. The third-order valence-electron chi connectivity index (χ3n) is 2.62. The number of nitrogens with one attached hydrogen (secondary N) is 1. The Balaban J connectivity index is 1.84. The lowest BCUT2D eigenvalue weighted by molar-refractivity contribution is 0.706. The summed E-state index contributed by atoms with van der Waals surface area (Å²) in [7, 11) is 1.92. The number of aryl methyl sites for hydroxylation is 1. The molecule has 2 rings (SSSR count). The molecule has 0 radical (unpaired) electrons. The van der Waals surface area contributed by atoms with Gasteiger partial charge in [0.15, 0.2) is 5.96 Å². The fourth-order valence-electron chi connectivity index (χ4n) is 1.65. The number of aromatic nitrogens is 2. The van der Waals surface area contributed by atoms with E-state index in [1.54, 1.807) is 6.20 Å². The maximum atomic E-state index is 5.80. The van der Waals surface area contributed by atoms with E-state index in [4.69, 9.17) is 5.73 Å². The van der Waals surface area contributed by atoms with Crippen LogP contribution in [0.3, 0.4) is 0 Å². The number of aliphatic imine (C=N–C) groups is 1. The van der Waals surface area contributed by atoms with E-state index in [-0.39, 0.29) is 0 Å². The zero-order chi connectivity index (χ0) is 12.8. The summed E-state index contributed by atoms with van der Waals surface area (Å²) < 4.78 is 1.84. The van der Waals surface area contributed by atoms with Crippen molar-refractivity contribution in [1.82, 2.24) is 9.78 Å². The number of rotatable bonds is 4. The van der Waals surface area contributed by atoms with Gasteiger partial charge in [-0.1, -0.05) is 18.2 Å². The molecule has 0 aliphatic carbocycles. The van der Waals surface area contributed by atoms with Crippen molar-refractivity contribution in [3.63, 3.8) is 0 Å². The molecule has 0 bridgehead atoms. The first kappa shape index (κ1) is 12.2. The van der Waals surface area contributed by atoms with Crippen molar-refractivity contribution >= 4 is 11.6 Å². The predicted octanol–water partition coefficient (Wildman–Crippen LogP) is 1.39. The topological polar surface area (TPSA) is 68.2 Å². The summed E-state index contributed by atoms with van der Waals surface area (Å²) in [6.45, 7) is 0.644. The molecule has 0 spiro atoms. The fourth-order valence-corrected chi connectivity index (χ4v) is 1.65. The molecular formula is C13H17N5. The Hall–Kier alpha value is -2.30. The molecule has 0 unspecified atom stereocenters. The van der Waals surface area contributed by atoms with Crippen LogP contribution in [0.2, 0.25) is 0 Å². The largest absolute Gasteiger partial charge is 0.370 e. The van der Waals surface area contributed by atoms with Crippen LogP contribution in [0.25, 0.3) is 0 Å². The second-order valence-electron chi connectivity index (χ2n) is 3.95. The van der Waals surface area contributed by atoms with Gasteiger partial charge in [0.1, 0.15) is 0 Å². The summed E-state index contributed by atoms with van der Waals surface area (Å²) in [4.78, 5) is 4.28. The predicted molar refractivity (Wildman–Crippen MR) is 73.5 cm³/mol. The van der Waals surface area contributed by atoms with Crippen molar-refractivity contribution in [2.24, 2.45) is 17.8 Å². The molecule has 1 aromatic heterocycles. The number of para-hydroxylation sites is 1. The quantitative estimate of drug-likeness (QED) is 0.630. The van der Waals surface area contributed by atoms with Crippen molar-refractivity contribution in [2.75, 3.05) is 11.9 Å². The lowest BCUT2D eigenvalue weighted by Gasteiger charge is -2.05. The highest BCUT2D eigenvalue weighted by Crippen LogP contribution is 2.04. The molecule has 0 aliphatic heterocycles. The van der Waals surface area contributed by atoms with E-state index >= 15 is 0 Å². The molecule has 0 saturated carbocycles. The highest BCUT2D eigenvalue weighted by atomic mass is 15.3. The lowest BCUT2D eigenvalue weighted by atomic mass is 10.3. The van der Waals surface area contributed by atoms with Gasteiger partial charge in [-0.3, -0.25) is 9.67 Å². The van der Waals surface area contributed by atoms with E-state index in [2.05, 4.69) is 15.4 Å². The second kappa shape index (κ2) is 5.86. The molecule has 0 amide bonds. The minimum Gasteiger partial charge on any atom is -0.370 e. The zero-order valence-electron chi connectivity index (χ0n) is 10.4. The van der Waals surface area contributed by atoms with E-state index in [0.717, 1.165) is 17.8 Å². The van der Waals surface area contributed by atoms with Crippen LogP contribution in [0, 0.1) is 0 Å². The Bertz CT molecular complexity index is 515. The van der Waals surface area contributed by atoms with E-state index < -0.39 is 0 Å². The first-order chi connectivity index (χ1) is 8.75. The number of hydrogen-bond acceptors (Lipinski definition) is 2. The van der Waals surface area contributed by atoms with Crippen LogP contribution in [0.4, 0.5) is 5.69 Å². The van der Waals surface area contributed by atoms with Crippen molar-refractivity contribution in [3.05, 3.63) is 48.3 Å². The first-order valence-corrected chi connectivity index (χ1v) is 5.84. The van der Waals surface area contributed by atoms with Gasteiger partial charge < -0.3 is 11.1 Å². The summed E-state index contributed by atoms with van der Waals surface area (Å²) in [5.41, 5.74) is 7.89. The number of nitrogens with two attached hydrogens (primary N) is 1. The highest BCUT2D eigenvalue weighted by Gasteiger charge is 1.98. The molecule has 0 aliphatic rings. The molecule has 1 aromatic carbocycles. The molecule has 5 heteroatoms. The summed E-state index contributed by atoms with van der Waals surface area (Å²) in [6, 6.07) is 11.7. The molecular weight excluding hydrogens is 226 g/mol. The van der Waals surface area contributed by atoms with E-state index in [9.17, 15) is 0 Å². The standard InChI is InChI=1S/C13H17N5/c1-18-12(8-10-16-18)7-9-15-13(14)17-11-5-3-2-4-6-11/h2-6,8,10H,7,9H2,1H3,(H3,14,15,17). The minimum atomic E-state index is 0.434. The van der Waals surface area contributed by atoms with Gasteiger partial charge in [0.25, 0.3) is 0 Å². The normalized spacial score (nSPS) is 11.5.